The molecule has 64 valence electrons. The second-order valence-electron chi connectivity index (χ2n) is 2.55. The Hall–Kier alpha value is -0.460. The number of alkyl halides is 2. The van der Waals surface area contributed by atoms with E-state index in [1.165, 1.54) is 5.56 Å². The summed E-state index contributed by atoms with van der Waals surface area (Å²) in [5, 5.41) is 0. The molecule has 0 saturated heterocycles. The molecular weight excluding hydrogens is 191 g/mol. The van der Waals surface area contributed by atoms with E-state index in [9.17, 15) is 0 Å². The van der Waals surface area contributed by atoms with Gasteiger partial charge in [-0.1, -0.05) is 36.4 Å². The molecule has 0 heterocycles. The monoisotopic (exact) mass is 200 g/mol. The number of aryl methyl sites for hydroxylation is 1. The lowest BCUT2D eigenvalue weighted by Gasteiger charge is -1.98. The number of rotatable bonds is 2. The van der Waals surface area contributed by atoms with Gasteiger partial charge in [0.25, 0.3) is 0 Å². The van der Waals surface area contributed by atoms with Crippen LogP contribution in [0.4, 0.5) is 0 Å². The van der Waals surface area contributed by atoms with E-state index in [1.54, 1.807) is 6.08 Å². The molecule has 0 fully saturated rings. The van der Waals surface area contributed by atoms with Crippen LogP contribution >= 0.6 is 23.2 Å². The molecule has 0 aromatic heterocycles. The summed E-state index contributed by atoms with van der Waals surface area (Å²) in [4.78, 5) is -0.426. The van der Waals surface area contributed by atoms with Gasteiger partial charge in [0.15, 0.2) is 0 Å². The van der Waals surface area contributed by atoms with Crippen LogP contribution in [-0.2, 0) is 0 Å². The van der Waals surface area contributed by atoms with Gasteiger partial charge in [-0.05, 0) is 18.1 Å². The Morgan fingerprint density at radius 1 is 1.25 bits per heavy atom. The van der Waals surface area contributed by atoms with Gasteiger partial charge in [0, 0.05) is 0 Å². The Balaban J connectivity index is 2.82. The van der Waals surface area contributed by atoms with Crippen LogP contribution < -0.4 is 0 Å². The number of allylic oxidation sites excluding steroid dienone is 1. The lowest BCUT2D eigenvalue weighted by atomic mass is 10.1. The zero-order valence-electron chi connectivity index (χ0n) is 6.80. The van der Waals surface area contributed by atoms with Gasteiger partial charge in [0.1, 0.15) is 4.84 Å². The summed E-state index contributed by atoms with van der Waals surface area (Å²) >= 11 is 11.1. The third-order valence-electron chi connectivity index (χ3n) is 1.61. The highest BCUT2D eigenvalue weighted by molar-refractivity contribution is 6.45. The second-order valence-corrected chi connectivity index (χ2v) is 3.71. The van der Waals surface area contributed by atoms with Crippen LogP contribution in [0.25, 0.3) is 6.08 Å². The van der Waals surface area contributed by atoms with Crippen LogP contribution in [-0.4, -0.2) is 4.84 Å². The summed E-state index contributed by atoms with van der Waals surface area (Å²) in [5.41, 5.74) is 2.38. The fourth-order valence-electron chi connectivity index (χ4n) is 0.950. The van der Waals surface area contributed by atoms with Gasteiger partial charge in [0.2, 0.25) is 0 Å². The van der Waals surface area contributed by atoms with Crippen molar-refractivity contribution >= 4 is 29.3 Å². The Kier molecular flexibility index (Phi) is 3.64. The Morgan fingerprint density at radius 3 is 2.50 bits per heavy atom. The van der Waals surface area contributed by atoms with E-state index < -0.39 is 4.84 Å². The van der Waals surface area contributed by atoms with Gasteiger partial charge >= 0.3 is 0 Å². The summed E-state index contributed by atoms with van der Waals surface area (Å²) in [7, 11) is 0. The van der Waals surface area contributed by atoms with Gasteiger partial charge in [-0.25, -0.2) is 0 Å². The topological polar surface area (TPSA) is 0 Å². The first kappa shape index (κ1) is 9.63. The largest absolute Gasteiger partial charge is 0.126 e. The molecule has 0 atom stereocenters. The van der Waals surface area contributed by atoms with Crippen molar-refractivity contribution in [1.82, 2.24) is 0 Å². The first-order valence-corrected chi connectivity index (χ1v) is 4.59. The number of hydrogen-bond acceptors (Lipinski definition) is 0. The van der Waals surface area contributed by atoms with Crippen LogP contribution in [0.15, 0.2) is 30.3 Å². The molecule has 0 N–H and O–H groups in total. The average molecular weight is 201 g/mol. The lowest BCUT2D eigenvalue weighted by molar-refractivity contribution is 1.44. The Labute approximate surface area is 82.8 Å². The molecular formula is C10H10Cl2. The minimum absolute atomic E-state index is 0.426. The van der Waals surface area contributed by atoms with Crippen LogP contribution in [0.3, 0.4) is 0 Å². The van der Waals surface area contributed by atoms with Crippen LogP contribution in [0.2, 0.25) is 0 Å². The lowest BCUT2D eigenvalue weighted by Crippen LogP contribution is -1.80. The highest BCUT2D eigenvalue weighted by Crippen LogP contribution is 2.11. The minimum Gasteiger partial charge on any atom is -0.101 e. The van der Waals surface area contributed by atoms with Gasteiger partial charge in [-0.15, -0.1) is 23.2 Å². The number of hydrogen-bond donors (Lipinski definition) is 0. The molecule has 2 heteroatoms. The maximum atomic E-state index is 5.56. The summed E-state index contributed by atoms with van der Waals surface area (Å²) in [6.45, 7) is 2.05. The molecule has 0 aliphatic carbocycles. The number of halogens is 2. The molecule has 1 rings (SSSR count). The molecule has 0 aliphatic heterocycles. The Morgan fingerprint density at radius 2 is 1.92 bits per heavy atom. The summed E-state index contributed by atoms with van der Waals surface area (Å²) < 4.78 is 0. The predicted molar refractivity (Wildman–Crippen MR) is 55.7 cm³/mol. The standard InChI is InChI=1S/C10H10Cl2/c1-8-4-2-3-5-9(8)6-7-10(11)12/h2-7,10H,1H3/b7-6+. The Bertz CT molecular complexity index is 277. The zero-order chi connectivity index (χ0) is 8.97. The molecule has 0 nitrogen and oxygen atoms in total. The number of benzene rings is 1. The van der Waals surface area contributed by atoms with E-state index in [1.807, 2.05) is 24.3 Å². The van der Waals surface area contributed by atoms with Crippen molar-refractivity contribution in [2.24, 2.45) is 0 Å². The molecule has 0 radical (unpaired) electrons. The van der Waals surface area contributed by atoms with E-state index in [4.69, 9.17) is 23.2 Å². The maximum Gasteiger partial charge on any atom is 0.126 e. The van der Waals surface area contributed by atoms with Crippen molar-refractivity contribution in [2.45, 2.75) is 11.8 Å². The van der Waals surface area contributed by atoms with E-state index in [0.717, 1.165) is 5.56 Å². The fraction of sp³-hybridized carbons (Fsp3) is 0.200. The minimum atomic E-state index is -0.426. The normalized spacial score (nSPS) is 11.3. The molecule has 0 amide bonds. The van der Waals surface area contributed by atoms with Crippen molar-refractivity contribution in [3.8, 4) is 0 Å². The molecule has 12 heavy (non-hydrogen) atoms. The van der Waals surface area contributed by atoms with Crippen molar-refractivity contribution in [3.05, 3.63) is 41.5 Å². The van der Waals surface area contributed by atoms with Crippen molar-refractivity contribution in [2.75, 3.05) is 0 Å². The quantitative estimate of drug-likeness (QED) is 0.638. The summed E-state index contributed by atoms with van der Waals surface area (Å²) in [6.07, 6.45) is 3.69. The fourth-order valence-corrected chi connectivity index (χ4v) is 1.10. The highest BCUT2D eigenvalue weighted by Gasteiger charge is 1.93. The molecule has 1 aromatic carbocycles. The average Bonchev–Trinajstić information content (AvgIpc) is 2.03. The third-order valence-corrected chi connectivity index (χ3v) is 1.90. The molecule has 0 unspecified atom stereocenters. The van der Waals surface area contributed by atoms with E-state index in [0.29, 0.717) is 0 Å². The molecule has 0 bridgehead atoms. The van der Waals surface area contributed by atoms with Crippen LogP contribution in [0.1, 0.15) is 11.1 Å². The summed E-state index contributed by atoms with van der Waals surface area (Å²) in [6, 6.07) is 8.08. The molecule has 0 aliphatic rings. The van der Waals surface area contributed by atoms with Crippen LogP contribution in [0.5, 0.6) is 0 Å². The van der Waals surface area contributed by atoms with Gasteiger partial charge in [-0.3, -0.25) is 0 Å². The molecule has 0 saturated carbocycles. The smallest absolute Gasteiger partial charge is 0.101 e. The summed E-state index contributed by atoms with van der Waals surface area (Å²) in [5.74, 6) is 0. The highest BCUT2D eigenvalue weighted by atomic mass is 35.5. The second kappa shape index (κ2) is 4.54. The molecule has 0 spiro atoms. The first-order valence-electron chi connectivity index (χ1n) is 3.72. The van der Waals surface area contributed by atoms with Crippen LogP contribution in [0, 0.1) is 6.92 Å². The SMILES string of the molecule is Cc1ccccc1/C=C/C(Cl)Cl. The third kappa shape index (κ3) is 2.88. The van der Waals surface area contributed by atoms with Crippen molar-refractivity contribution < 1.29 is 0 Å². The van der Waals surface area contributed by atoms with Gasteiger partial charge in [0.05, 0.1) is 0 Å². The zero-order valence-corrected chi connectivity index (χ0v) is 8.31. The van der Waals surface area contributed by atoms with E-state index in [2.05, 4.69) is 13.0 Å². The predicted octanol–water partition coefficient (Wildman–Crippen LogP) is 3.81. The first-order chi connectivity index (χ1) is 5.70. The van der Waals surface area contributed by atoms with Crippen molar-refractivity contribution in [3.63, 3.8) is 0 Å². The van der Waals surface area contributed by atoms with E-state index >= 15 is 0 Å². The maximum absolute atomic E-state index is 5.56. The van der Waals surface area contributed by atoms with Gasteiger partial charge in [-0.2, -0.15) is 0 Å². The van der Waals surface area contributed by atoms with Gasteiger partial charge < -0.3 is 0 Å². The van der Waals surface area contributed by atoms with E-state index in [-0.39, 0.29) is 0 Å². The van der Waals surface area contributed by atoms with Crippen molar-refractivity contribution in [1.29, 1.82) is 0 Å². The molecule has 1 aromatic rings.